The van der Waals surface area contributed by atoms with Gasteiger partial charge in [0.25, 0.3) is 5.91 Å². The van der Waals surface area contributed by atoms with E-state index in [1.807, 2.05) is 19.9 Å². The average Bonchev–Trinajstić information content (AvgIpc) is 2.88. The molecular formula is C19H28N2O2. The Balaban J connectivity index is 1.98. The molecule has 0 saturated heterocycles. The van der Waals surface area contributed by atoms with Crippen LogP contribution in [0.1, 0.15) is 57.1 Å². The molecule has 1 aromatic carbocycles. The Morgan fingerprint density at radius 2 is 2.00 bits per heavy atom. The quantitative estimate of drug-likeness (QED) is 0.791. The van der Waals surface area contributed by atoms with E-state index in [1.165, 1.54) is 5.56 Å². The Hall–Kier alpha value is -1.81. The van der Waals surface area contributed by atoms with Crippen LogP contribution in [-0.4, -0.2) is 30.1 Å². The lowest BCUT2D eigenvalue weighted by molar-refractivity contribution is 0.0756. The molecule has 0 aliphatic rings. The molecule has 4 heteroatoms. The van der Waals surface area contributed by atoms with Gasteiger partial charge in [-0.15, -0.1) is 0 Å². The summed E-state index contributed by atoms with van der Waals surface area (Å²) in [7, 11) is 0. The number of carbonyl (C=O) groups is 1. The van der Waals surface area contributed by atoms with Crippen molar-refractivity contribution in [2.24, 2.45) is 0 Å². The van der Waals surface area contributed by atoms with Crippen LogP contribution in [0.4, 0.5) is 0 Å². The first-order valence-corrected chi connectivity index (χ1v) is 8.30. The molecule has 0 saturated carbocycles. The van der Waals surface area contributed by atoms with E-state index >= 15 is 0 Å². The summed E-state index contributed by atoms with van der Waals surface area (Å²) in [6, 6.07) is 8.23. The van der Waals surface area contributed by atoms with Crippen molar-refractivity contribution in [3.8, 4) is 0 Å². The third kappa shape index (κ3) is 4.83. The minimum Gasteiger partial charge on any atom is -0.379 e. The highest BCUT2D eigenvalue weighted by Gasteiger charge is 2.15. The number of benzene rings is 1. The minimum atomic E-state index is -0.0666. The molecule has 0 unspecified atom stereocenters. The Morgan fingerprint density at radius 1 is 1.26 bits per heavy atom. The SMILES string of the molecule is CC(C)OCCCNC(=O)c1cc2ccc(C(C)(C)C)cc2[nH]1. The van der Waals surface area contributed by atoms with Crippen LogP contribution in [0.15, 0.2) is 24.3 Å². The lowest BCUT2D eigenvalue weighted by Crippen LogP contribution is -2.25. The van der Waals surface area contributed by atoms with Crippen LogP contribution >= 0.6 is 0 Å². The zero-order chi connectivity index (χ0) is 17.0. The highest BCUT2D eigenvalue weighted by molar-refractivity contribution is 5.98. The highest BCUT2D eigenvalue weighted by Crippen LogP contribution is 2.26. The summed E-state index contributed by atoms with van der Waals surface area (Å²) in [5.41, 5.74) is 2.96. The van der Waals surface area contributed by atoms with Crippen molar-refractivity contribution in [3.05, 3.63) is 35.5 Å². The van der Waals surface area contributed by atoms with Crippen molar-refractivity contribution in [2.75, 3.05) is 13.2 Å². The Morgan fingerprint density at radius 3 is 2.65 bits per heavy atom. The molecule has 0 fully saturated rings. The molecular weight excluding hydrogens is 288 g/mol. The first kappa shape index (κ1) is 17.5. The predicted molar refractivity (Wildman–Crippen MR) is 95.0 cm³/mol. The molecule has 0 spiro atoms. The van der Waals surface area contributed by atoms with Gasteiger partial charge in [-0.3, -0.25) is 4.79 Å². The fraction of sp³-hybridized carbons (Fsp3) is 0.526. The summed E-state index contributed by atoms with van der Waals surface area (Å²) in [5, 5.41) is 3.99. The van der Waals surface area contributed by atoms with Crippen molar-refractivity contribution in [1.82, 2.24) is 10.3 Å². The molecule has 2 rings (SSSR count). The lowest BCUT2D eigenvalue weighted by atomic mass is 9.87. The second kappa shape index (κ2) is 7.18. The number of aromatic amines is 1. The molecule has 0 atom stereocenters. The molecule has 0 radical (unpaired) electrons. The molecule has 1 aromatic heterocycles. The number of hydrogen-bond acceptors (Lipinski definition) is 2. The molecule has 1 amide bonds. The molecule has 126 valence electrons. The number of rotatable bonds is 6. The summed E-state index contributed by atoms with van der Waals surface area (Å²) in [5.74, 6) is -0.0666. The van der Waals surface area contributed by atoms with Gasteiger partial charge in [0.05, 0.1) is 6.10 Å². The summed E-state index contributed by atoms with van der Waals surface area (Å²) in [6.45, 7) is 11.9. The first-order valence-electron chi connectivity index (χ1n) is 8.30. The van der Waals surface area contributed by atoms with Gasteiger partial charge in [-0.05, 0) is 43.4 Å². The second-order valence-corrected chi connectivity index (χ2v) is 7.26. The van der Waals surface area contributed by atoms with Crippen LogP contribution in [0.25, 0.3) is 10.9 Å². The average molecular weight is 316 g/mol. The van der Waals surface area contributed by atoms with Crippen molar-refractivity contribution < 1.29 is 9.53 Å². The van der Waals surface area contributed by atoms with Gasteiger partial charge in [0.1, 0.15) is 5.69 Å². The monoisotopic (exact) mass is 316 g/mol. The zero-order valence-electron chi connectivity index (χ0n) is 14.8. The molecule has 0 bridgehead atoms. The molecule has 23 heavy (non-hydrogen) atoms. The molecule has 1 heterocycles. The number of hydrogen-bond donors (Lipinski definition) is 2. The summed E-state index contributed by atoms with van der Waals surface area (Å²) in [4.78, 5) is 15.4. The van der Waals surface area contributed by atoms with Crippen LogP contribution in [-0.2, 0) is 10.2 Å². The fourth-order valence-electron chi connectivity index (χ4n) is 2.40. The van der Waals surface area contributed by atoms with Gasteiger partial charge in [-0.1, -0.05) is 32.9 Å². The Kier molecular flexibility index (Phi) is 5.47. The number of amides is 1. The summed E-state index contributed by atoms with van der Waals surface area (Å²) < 4.78 is 5.46. The van der Waals surface area contributed by atoms with E-state index in [4.69, 9.17) is 4.74 Å². The fourth-order valence-corrected chi connectivity index (χ4v) is 2.40. The topological polar surface area (TPSA) is 54.1 Å². The predicted octanol–water partition coefficient (Wildman–Crippen LogP) is 4.01. The van der Waals surface area contributed by atoms with E-state index in [0.717, 1.165) is 17.3 Å². The lowest BCUT2D eigenvalue weighted by Gasteiger charge is -2.18. The zero-order valence-corrected chi connectivity index (χ0v) is 14.8. The molecule has 2 N–H and O–H groups in total. The Bertz CT molecular complexity index is 666. The normalized spacial score (nSPS) is 12.1. The van der Waals surface area contributed by atoms with Gasteiger partial charge >= 0.3 is 0 Å². The summed E-state index contributed by atoms with van der Waals surface area (Å²) in [6.07, 6.45) is 1.05. The van der Waals surface area contributed by atoms with Gasteiger partial charge in [0.15, 0.2) is 0 Å². The third-order valence-electron chi connectivity index (χ3n) is 3.79. The van der Waals surface area contributed by atoms with E-state index < -0.39 is 0 Å². The molecule has 2 aromatic rings. The maximum absolute atomic E-state index is 12.2. The maximum atomic E-state index is 12.2. The van der Waals surface area contributed by atoms with Crippen LogP contribution in [0.3, 0.4) is 0 Å². The highest BCUT2D eigenvalue weighted by atomic mass is 16.5. The standard InChI is InChI=1S/C19H28N2O2/c1-13(2)23-10-6-9-20-18(22)17-11-14-7-8-15(19(3,4)5)12-16(14)21-17/h7-8,11-13,21H,6,9-10H2,1-5H3,(H,20,22). The van der Waals surface area contributed by atoms with Crippen molar-refractivity contribution in [1.29, 1.82) is 0 Å². The third-order valence-corrected chi connectivity index (χ3v) is 3.79. The smallest absolute Gasteiger partial charge is 0.267 e. The van der Waals surface area contributed by atoms with Crippen molar-refractivity contribution >= 4 is 16.8 Å². The van der Waals surface area contributed by atoms with E-state index in [1.54, 1.807) is 0 Å². The Labute approximate surface area is 138 Å². The van der Waals surface area contributed by atoms with E-state index in [9.17, 15) is 4.79 Å². The van der Waals surface area contributed by atoms with Gasteiger partial charge in [-0.2, -0.15) is 0 Å². The number of nitrogens with one attached hydrogen (secondary N) is 2. The largest absolute Gasteiger partial charge is 0.379 e. The van der Waals surface area contributed by atoms with Crippen LogP contribution in [0, 0.1) is 0 Å². The number of ether oxygens (including phenoxy) is 1. The van der Waals surface area contributed by atoms with Gasteiger partial charge in [0, 0.05) is 24.1 Å². The molecule has 0 aliphatic heterocycles. The minimum absolute atomic E-state index is 0.0666. The number of aromatic nitrogens is 1. The maximum Gasteiger partial charge on any atom is 0.267 e. The molecule has 0 aliphatic carbocycles. The van der Waals surface area contributed by atoms with Gasteiger partial charge < -0.3 is 15.0 Å². The van der Waals surface area contributed by atoms with Crippen molar-refractivity contribution in [2.45, 2.75) is 52.6 Å². The number of carbonyl (C=O) groups excluding carboxylic acids is 1. The summed E-state index contributed by atoms with van der Waals surface area (Å²) >= 11 is 0. The van der Waals surface area contributed by atoms with Gasteiger partial charge in [-0.25, -0.2) is 0 Å². The molecule has 4 nitrogen and oxygen atoms in total. The second-order valence-electron chi connectivity index (χ2n) is 7.26. The van der Waals surface area contributed by atoms with Crippen molar-refractivity contribution in [3.63, 3.8) is 0 Å². The van der Waals surface area contributed by atoms with E-state index in [2.05, 4.69) is 49.3 Å². The first-order chi connectivity index (χ1) is 10.8. The van der Waals surface area contributed by atoms with Crippen LogP contribution in [0.2, 0.25) is 0 Å². The van der Waals surface area contributed by atoms with E-state index in [-0.39, 0.29) is 17.4 Å². The number of H-pyrrole nitrogens is 1. The van der Waals surface area contributed by atoms with Crippen LogP contribution in [0.5, 0.6) is 0 Å². The van der Waals surface area contributed by atoms with Gasteiger partial charge in [0.2, 0.25) is 0 Å². The number of fused-ring (bicyclic) bond motifs is 1. The van der Waals surface area contributed by atoms with E-state index in [0.29, 0.717) is 18.8 Å². The van der Waals surface area contributed by atoms with Crippen LogP contribution < -0.4 is 5.32 Å².